The smallest absolute Gasteiger partial charge is 0.137 e. The predicted octanol–water partition coefficient (Wildman–Crippen LogP) is 15.9. The summed E-state index contributed by atoms with van der Waals surface area (Å²) in [6.07, 6.45) is 0. The van der Waals surface area contributed by atoms with Gasteiger partial charge in [-0.2, -0.15) is 0 Å². The lowest BCUT2D eigenvalue weighted by Gasteiger charge is -2.26. The lowest BCUT2D eigenvalue weighted by Crippen LogP contribution is -2.10. The molecule has 0 fully saturated rings. The van der Waals surface area contributed by atoms with Crippen LogP contribution < -0.4 is 4.90 Å². The van der Waals surface area contributed by atoms with Gasteiger partial charge in [0, 0.05) is 53.4 Å². The highest BCUT2D eigenvalue weighted by Gasteiger charge is 2.20. The summed E-state index contributed by atoms with van der Waals surface area (Å²) in [6.45, 7) is 0. The van der Waals surface area contributed by atoms with Crippen molar-refractivity contribution in [3.8, 4) is 27.9 Å². The molecular formula is C54H34N2OS. The van der Waals surface area contributed by atoms with Gasteiger partial charge in [-0.1, -0.05) is 127 Å². The molecule has 58 heavy (non-hydrogen) atoms. The Balaban J connectivity index is 0.975. The van der Waals surface area contributed by atoms with Gasteiger partial charge in [-0.25, -0.2) is 0 Å². The molecule has 0 aliphatic carbocycles. The minimum absolute atomic E-state index is 0.871. The lowest BCUT2D eigenvalue weighted by atomic mass is 10.0. The molecule has 0 bridgehead atoms. The van der Waals surface area contributed by atoms with E-state index >= 15 is 0 Å². The van der Waals surface area contributed by atoms with Crippen LogP contribution in [0.15, 0.2) is 211 Å². The maximum atomic E-state index is 6.40. The Labute approximate surface area is 338 Å². The third-order valence-corrected chi connectivity index (χ3v) is 12.7. The van der Waals surface area contributed by atoms with Crippen LogP contribution in [0.25, 0.3) is 91.9 Å². The molecule has 0 aliphatic heterocycles. The zero-order valence-corrected chi connectivity index (χ0v) is 32.2. The summed E-state index contributed by atoms with van der Waals surface area (Å²) in [6, 6.07) is 74.4. The molecule has 9 aromatic carbocycles. The second kappa shape index (κ2) is 13.1. The van der Waals surface area contributed by atoms with Gasteiger partial charge in [-0.15, -0.1) is 11.3 Å². The third-order valence-electron chi connectivity index (χ3n) is 11.6. The van der Waals surface area contributed by atoms with Crippen molar-refractivity contribution in [2.45, 2.75) is 0 Å². The van der Waals surface area contributed by atoms with E-state index in [0.717, 1.165) is 50.3 Å². The first-order valence-electron chi connectivity index (χ1n) is 19.7. The van der Waals surface area contributed by atoms with Crippen LogP contribution in [-0.2, 0) is 0 Å². The molecule has 3 nitrogen and oxygen atoms in total. The number of hydrogen-bond donors (Lipinski definition) is 0. The van der Waals surface area contributed by atoms with E-state index in [4.69, 9.17) is 4.42 Å². The molecule has 0 unspecified atom stereocenters. The van der Waals surface area contributed by atoms with Crippen molar-refractivity contribution in [2.75, 3.05) is 4.90 Å². The topological polar surface area (TPSA) is 21.3 Å². The maximum absolute atomic E-state index is 6.40. The number of para-hydroxylation sites is 3. The van der Waals surface area contributed by atoms with Crippen molar-refractivity contribution in [1.29, 1.82) is 0 Å². The fraction of sp³-hybridized carbons (Fsp3) is 0. The van der Waals surface area contributed by atoms with E-state index < -0.39 is 0 Å². The van der Waals surface area contributed by atoms with Crippen LogP contribution in [0.5, 0.6) is 0 Å². The predicted molar refractivity (Wildman–Crippen MR) is 247 cm³/mol. The number of fused-ring (bicyclic) bond motifs is 9. The molecule has 0 saturated heterocycles. The van der Waals surface area contributed by atoms with E-state index in [9.17, 15) is 0 Å². The van der Waals surface area contributed by atoms with Gasteiger partial charge in [0.15, 0.2) is 0 Å². The van der Waals surface area contributed by atoms with E-state index in [1.165, 1.54) is 58.7 Å². The van der Waals surface area contributed by atoms with E-state index in [-0.39, 0.29) is 0 Å². The minimum atomic E-state index is 0.871. The molecule has 12 rings (SSSR count). The normalized spacial score (nSPS) is 11.8. The molecule has 0 N–H and O–H groups in total. The lowest BCUT2D eigenvalue weighted by molar-refractivity contribution is 0.669. The van der Waals surface area contributed by atoms with Crippen LogP contribution in [0, 0.1) is 0 Å². The zero-order chi connectivity index (χ0) is 38.2. The second-order valence-electron chi connectivity index (χ2n) is 14.9. The highest BCUT2D eigenvalue weighted by Crippen LogP contribution is 2.44. The quantitative estimate of drug-likeness (QED) is 0.168. The molecular weight excluding hydrogens is 725 g/mol. The minimum Gasteiger partial charge on any atom is -0.456 e. The van der Waals surface area contributed by atoms with Crippen LogP contribution in [0.1, 0.15) is 0 Å². The van der Waals surface area contributed by atoms with Gasteiger partial charge in [0.2, 0.25) is 0 Å². The van der Waals surface area contributed by atoms with Crippen molar-refractivity contribution in [1.82, 2.24) is 4.57 Å². The Morgan fingerprint density at radius 3 is 1.72 bits per heavy atom. The average molecular weight is 759 g/mol. The molecule has 12 aromatic rings. The largest absolute Gasteiger partial charge is 0.456 e. The third kappa shape index (κ3) is 5.19. The summed E-state index contributed by atoms with van der Waals surface area (Å²) in [5.74, 6) is 0. The number of benzene rings is 9. The molecule has 272 valence electrons. The van der Waals surface area contributed by atoms with Gasteiger partial charge >= 0.3 is 0 Å². The van der Waals surface area contributed by atoms with E-state index in [1.54, 1.807) is 0 Å². The van der Waals surface area contributed by atoms with E-state index in [2.05, 4.69) is 210 Å². The fourth-order valence-corrected chi connectivity index (χ4v) is 10.0. The monoisotopic (exact) mass is 758 g/mol. The van der Waals surface area contributed by atoms with E-state index in [0.29, 0.717) is 0 Å². The van der Waals surface area contributed by atoms with Crippen molar-refractivity contribution in [3.05, 3.63) is 206 Å². The number of rotatable bonds is 6. The number of anilines is 3. The Bertz CT molecular complexity index is 3500. The van der Waals surface area contributed by atoms with Crippen LogP contribution in [0.3, 0.4) is 0 Å². The highest BCUT2D eigenvalue weighted by atomic mass is 32.1. The summed E-state index contributed by atoms with van der Waals surface area (Å²) in [5.41, 5.74) is 13.3. The first kappa shape index (κ1) is 32.8. The summed E-state index contributed by atoms with van der Waals surface area (Å²) in [5, 5.41) is 7.34. The average Bonchev–Trinajstić information content (AvgIpc) is 3.97. The summed E-state index contributed by atoms with van der Waals surface area (Å²) in [7, 11) is 0. The Hall–Kier alpha value is -7.40. The van der Waals surface area contributed by atoms with Crippen molar-refractivity contribution >= 4 is 92.3 Å². The Kier molecular flexibility index (Phi) is 7.40. The molecule has 4 heteroatoms. The van der Waals surface area contributed by atoms with Crippen molar-refractivity contribution in [2.24, 2.45) is 0 Å². The Morgan fingerprint density at radius 1 is 0.379 bits per heavy atom. The summed E-state index contributed by atoms with van der Waals surface area (Å²) in [4.78, 5) is 2.36. The number of aromatic nitrogens is 1. The molecule has 0 atom stereocenters. The van der Waals surface area contributed by atoms with Crippen LogP contribution in [0.2, 0.25) is 0 Å². The highest BCUT2D eigenvalue weighted by molar-refractivity contribution is 7.25. The number of thiophene rings is 1. The summed E-state index contributed by atoms with van der Waals surface area (Å²) < 4.78 is 11.4. The molecule has 0 spiro atoms. The molecule has 0 aliphatic rings. The Morgan fingerprint density at radius 2 is 0.948 bits per heavy atom. The standard InChI is InChI=1S/C54H34N2OS/c1-2-11-39(12-3-1)56-47-16-7-4-13-42(47)43-31-25-37(33-49(43)56)35-21-27-40(28-22-35)55(48-17-10-19-51-54(48)46-15-5-8-18-50(46)57-51)41-29-23-36(24-30-41)38-26-32-45-44-14-6-9-20-52(44)58-53(45)34-38/h1-34H. The van der Waals surface area contributed by atoms with Gasteiger partial charge in [-0.3, -0.25) is 0 Å². The molecule has 3 heterocycles. The second-order valence-corrected chi connectivity index (χ2v) is 16.0. The van der Waals surface area contributed by atoms with E-state index in [1.807, 2.05) is 17.4 Å². The molecule has 0 amide bonds. The van der Waals surface area contributed by atoms with Crippen molar-refractivity contribution in [3.63, 3.8) is 0 Å². The summed E-state index contributed by atoms with van der Waals surface area (Å²) >= 11 is 1.86. The first-order valence-corrected chi connectivity index (χ1v) is 20.5. The first-order chi connectivity index (χ1) is 28.7. The molecule has 0 radical (unpaired) electrons. The maximum Gasteiger partial charge on any atom is 0.137 e. The number of nitrogens with zero attached hydrogens (tertiary/aromatic N) is 2. The molecule has 0 saturated carbocycles. The van der Waals surface area contributed by atoms with Crippen LogP contribution in [-0.4, -0.2) is 4.57 Å². The van der Waals surface area contributed by atoms with Crippen LogP contribution in [0.4, 0.5) is 17.1 Å². The number of furan rings is 1. The molecule has 3 aromatic heterocycles. The van der Waals surface area contributed by atoms with Gasteiger partial charge in [0.25, 0.3) is 0 Å². The number of hydrogen-bond acceptors (Lipinski definition) is 3. The van der Waals surface area contributed by atoms with Gasteiger partial charge in [0.1, 0.15) is 11.2 Å². The van der Waals surface area contributed by atoms with Gasteiger partial charge < -0.3 is 13.9 Å². The van der Waals surface area contributed by atoms with Gasteiger partial charge in [-0.05, 0) is 101 Å². The SMILES string of the molecule is c1ccc(-n2c3ccccc3c3ccc(-c4ccc(N(c5ccc(-c6ccc7c(c6)sc6ccccc67)cc5)c5cccc6oc7ccccc7c56)cc4)cc32)cc1. The fourth-order valence-electron chi connectivity index (χ4n) is 8.89. The van der Waals surface area contributed by atoms with Crippen LogP contribution >= 0.6 is 11.3 Å². The van der Waals surface area contributed by atoms with Gasteiger partial charge in [0.05, 0.1) is 22.1 Å². The zero-order valence-electron chi connectivity index (χ0n) is 31.3. The van der Waals surface area contributed by atoms with Crippen molar-refractivity contribution < 1.29 is 4.42 Å².